The second-order valence-corrected chi connectivity index (χ2v) is 8.86. The number of hydrogen-bond acceptors (Lipinski definition) is 5. The Morgan fingerprint density at radius 3 is 2.35 bits per heavy atom. The van der Waals surface area contributed by atoms with Gasteiger partial charge in [0.2, 0.25) is 20.0 Å². The van der Waals surface area contributed by atoms with Gasteiger partial charge >= 0.3 is 0 Å². The van der Waals surface area contributed by atoms with Crippen LogP contribution in [0, 0.1) is 0 Å². The normalized spacial score (nSPS) is 13.8. The van der Waals surface area contributed by atoms with E-state index in [1.807, 2.05) is 6.92 Å². The lowest BCUT2D eigenvalue weighted by molar-refractivity contribution is 0.516. The number of sulfonamides is 2. The van der Waals surface area contributed by atoms with Gasteiger partial charge < -0.3 is 5.73 Å². The molecule has 0 aromatic heterocycles. The average molecular weight is 364 g/mol. The molecule has 132 valence electrons. The van der Waals surface area contributed by atoms with Gasteiger partial charge in [-0.2, -0.15) is 0 Å². The Hall–Kier alpha value is -1.00. The van der Waals surface area contributed by atoms with E-state index >= 15 is 0 Å². The Labute approximate surface area is 138 Å². The molecule has 23 heavy (non-hydrogen) atoms. The van der Waals surface area contributed by atoms with E-state index in [1.165, 1.54) is 12.1 Å². The molecule has 0 aliphatic carbocycles. The molecule has 1 aromatic carbocycles. The van der Waals surface area contributed by atoms with Gasteiger partial charge in [-0.1, -0.05) is 38.0 Å². The molecule has 0 saturated carbocycles. The van der Waals surface area contributed by atoms with E-state index in [2.05, 4.69) is 9.44 Å². The van der Waals surface area contributed by atoms with Crippen LogP contribution in [0.3, 0.4) is 0 Å². The van der Waals surface area contributed by atoms with Gasteiger partial charge in [0.1, 0.15) is 0 Å². The zero-order valence-corrected chi connectivity index (χ0v) is 14.9. The van der Waals surface area contributed by atoms with Crippen molar-refractivity contribution in [1.82, 2.24) is 9.44 Å². The molecule has 0 fully saturated rings. The number of unbranched alkanes of at least 4 members (excludes halogenated alkanes) is 1. The van der Waals surface area contributed by atoms with Crippen LogP contribution in [0.15, 0.2) is 35.2 Å². The summed E-state index contributed by atoms with van der Waals surface area (Å²) < 4.78 is 52.8. The van der Waals surface area contributed by atoms with Crippen molar-refractivity contribution in [3.63, 3.8) is 0 Å². The third kappa shape index (κ3) is 7.40. The van der Waals surface area contributed by atoms with Crippen LogP contribution in [-0.2, 0) is 20.0 Å². The molecule has 0 bridgehead atoms. The highest BCUT2D eigenvalue weighted by Crippen LogP contribution is 2.07. The molecule has 0 aliphatic rings. The van der Waals surface area contributed by atoms with Gasteiger partial charge in [0.05, 0.1) is 10.6 Å². The van der Waals surface area contributed by atoms with Crippen molar-refractivity contribution in [2.24, 2.45) is 5.73 Å². The molecule has 0 heterocycles. The summed E-state index contributed by atoms with van der Waals surface area (Å²) >= 11 is 0. The van der Waals surface area contributed by atoms with Crippen molar-refractivity contribution in [1.29, 1.82) is 0 Å². The first-order valence-electron chi connectivity index (χ1n) is 7.55. The standard InChI is InChI=1S/C14H25N3O4S2/c1-2-3-7-13(12-15)17-22(18,19)11-10-16-23(20,21)14-8-5-4-6-9-14/h4-6,8-9,13,16-17H,2-3,7,10-12,15H2,1H3. The summed E-state index contributed by atoms with van der Waals surface area (Å²) in [4.78, 5) is 0.105. The van der Waals surface area contributed by atoms with Crippen LogP contribution in [0.5, 0.6) is 0 Å². The minimum absolute atomic E-state index is 0.105. The molecule has 1 atom stereocenters. The van der Waals surface area contributed by atoms with Crippen molar-refractivity contribution < 1.29 is 16.8 Å². The number of nitrogens with two attached hydrogens (primary N) is 1. The number of rotatable bonds is 11. The van der Waals surface area contributed by atoms with Crippen LogP contribution in [0.25, 0.3) is 0 Å². The number of benzene rings is 1. The summed E-state index contributed by atoms with van der Waals surface area (Å²) in [5, 5.41) is 0. The highest BCUT2D eigenvalue weighted by atomic mass is 32.2. The molecular weight excluding hydrogens is 338 g/mol. The highest BCUT2D eigenvalue weighted by Gasteiger charge is 2.18. The van der Waals surface area contributed by atoms with Crippen molar-refractivity contribution in [2.75, 3.05) is 18.8 Å². The number of hydrogen-bond donors (Lipinski definition) is 3. The van der Waals surface area contributed by atoms with Gasteiger partial charge in [0, 0.05) is 19.1 Å². The van der Waals surface area contributed by atoms with E-state index in [1.54, 1.807) is 18.2 Å². The van der Waals surface area contributed by atoms with E-state index in [9.17, 15) is 16.8 Å². The van der Waals surface area contributed by atoms with E-state index in [0.29, 0.717) is 6.42 Å². The number of nitrogens with one attached hydrogen (secondary N) is 2. The highest BCUT2D eigenvalue weighted by molar-refractivity contribution is 7.90. The minimum atomic E-state index is -3.70. The molecule has 0 spiro atoms. The average Bonchev–Trinajstić information content (AvgIpc) is 2.51. The Bertz CT molecular complexity index is 661. The van der Waals surface area contributed by atoms with Gasteiger partial charge in [-0.05, 0) is 18.6 Å². The second kappa shape index (κ2) is 9.33. The zero-order valence-electron chi connectivity index (χ0n) is 13.2. The van der Waals surface area contributed by atoms with Crippen LogP contribution in [0.4, 0.5) is 0 Å². The Morgan fingerprint density at radius 1 is 1.13 bits per heavy atom. The lowest BCUT2D eigenvalue weighted by Crippen LogP contribution is -2.43. The van der Waals surface area contributed by atoms with Gasteiger partial charge in [-0.3, -0.25) is 0 Å². The van der Waals surface area contributed by atoms with E-state index in [0.717, 1.165) is 12.8 Å². The Kier molecular flexibility index (Phi) is 8.13. The Balaban J connectivity index is 2.53. The maximum absolute atomic E-state index is 12.0. The van der Waals surface area contributed by atoms with E-state index in [4.69, 9.17) is 5.73 Å². The quantitative estimate of drug-likeness (QED) is 0.526. The molecule has 0 saturated heterocycles. The maximum atomic E-state index is 12.0. The van der Waals surface area contributed by atoms with Crippen molar-refractivity contribution >= 4 is 20.0 Å². The fraction of sp³-hybridized carbons (Fsp3) is 0.571. The van der Waals surface area contributed by atoms with Crippen molar-refractivity contribution in [3.8, 4) is 0 Å². The molecule has 1 aromatic rings. The van der Waals surface area contributed by atoms with Gasteiger partial charge in [-0.15, -0.1) is 0 Å². The van der Waals surface area contributed by atoms with Gasteiger partial charge in [-0.25, -0.2) is 26.3 Å². The fourth-order valence-electron chi connectivity index (χ4n) is 1.98. The van der Waals surface area contributed by atoms with Gasteiger partial charge in [0.25, 0.3) is 0 Å². The van der Waals surface area contributed by atoms with Crippen LogP contribution in [-0.4, -0.2) is 41.7 Å². The van der Waals surface area contributed by atoms with Crippen LogP contribution < -0.4 is 15.2 Å². The molecule has 1 rings (SSSR count). The zero-order chi connectivity index (χ0) is 17.3. The van der Waals surface area contributed by atoms with Crippen LogP contribution in [0.1, 0.15) is 26.2 Å². The molecule has 4 N–H and O–H groups in total. The van der Waals surface area contributed by atoms with E-state index in [-0.39, 0.29) is 29.8 Å². The lowest BCUT2D eigenvalue weighted by atomic mass is 10.1. The largest absolute Gasteiger partial charge is 0.329 e. The second-order valence-electron chi connectivity index (χ2n) is 5.22. The van der Waals surface area contributed by atoms with Crippen LogP contribution in [0.2, 0.25) is 0 Å². The molecule has 0 radical (unpaired) electrons. The summed E-state index contributed by atoms with van der Waals surface area (Å²) in [6.45, 7) is 2.03. The summed E-state index contributed by atoms with van der Waals surface area (Å²) in [5.41, 5.74) is 5.56. The predicted octanol–water partition coefficient (Wildman–Crippen LogP) is 0.402. The predicted molar refractivity (Wildman–Crippen MR) is 90.9 cm³/mol. The molecule has 0 amide bonds. The monoisotopic (exact) mass is 363 g/mol. The smallest absolute Gasteiger partial charge is 0.240 e. The first-order valence-corrected chi connectivity index (χ1v) is 10.7. The first kappa shape index (κ1) is 20.0. The summed E-state index contributed by atoms with van der Waals surface area (Å²) in [6.07, 6.45) is 2.50. The molecule has 1 unspecified atom stereocenters. The Morgan fingerprint density at radius 2 is 1.78 bits per heavy atom. The van der Waals surface area contributed by atoms with E-state index < -0.39 is 20.0 Å². The minimum Gasteiger partial charge on any atom is -0.329 e. The summed E-state index contributed by atoms with van der Waals surface area (Å²) in [6, 6.07) is 7.50. The first-order chi connectivity index (χ1) is 10.8. The molecular formula is C14H25N3O4S2. The van der Waals surface area contributed by atoms with Crippen molar-refractivity contribution in [2.45, 2.75) is 37.1 Å². The SMILES string of the molecule is CCCCC(CN)NS(=O)(=O)CCNS(=O)(=O)c1ccccc1. The third-order valence-corrected chi connectivity index (χ3v) is 6.16. The summed E-state index contributed by atoms with van der Waals surface area (Å²) in [7, 11) is -7.28. The molecule has 0 aliphatic heterocycles. The maximum Gasteiger partial charge on any atom is 0.240 e. The topological polar surface area (TPSA) is 118 Å². The molecule has 9 heteroatoms. The third-order valence-electron chi connectivity index (χ3n) is 3.25. The fourth-order valence-corrected chi connectivity index (χ4v) is 4.37. The van der Waals surface area contributed by atoms with Crippen molar-refractivity contribution in [3.05, 3.63) is 30.3 Å². The van der Waals surface area contributed by atoms with Crippen LogP contribution >= 0.6 is 0 Å². The summed E-state index contributed by atoms with van der Waals surface area (Å²) in [5.74, 6) is -0.332. The molecule has 7 nitrogen and oxygen atoms in total. The van der Waals surface area contributed by atoms with Gasteiger partial charge in [0.15, 0.2) is 0 Å². The lowest BCUT2D eigenvalue weighted by Gasteiger charge is -2.16.